The second-order valence-electron chi connectivity index (χ2n) is 2.60. The van der Waals surface area contributed by atoms with E-state index in [1.165, 1.54) is 12.1 Å². The number of benzene rings is 1. The van der Waals surface area contributed by atoms with Crippen molar-refractivity contribution in [2.45, 2.75) is 11.8 Å². The van der Waals surface area contributed by atoms with Crippen LogP contribution in [0.1, 0.15) is 17.3 Å². The average molecular weight is 310 g/mol. The quantitative estimate of drug-likeness (QED) is 0.603. The molecule has 1 aromatic carbocycles. The molecular formula is C9H7Br2FO. The van der Waals surface area contributed by atoms with Crippen molar-refractivity contribution in [3.63, 3.8) is 0 Å². The Labute approximate surface area is 92.6 Å². The predicted octanol–water partition coefficient (Wildman–Crippen LogP) is 3.55. The number of halogens is 3. The molecule has 1 nitrogen and oxygen atoms in total. The first kappa shape index (κ1) is 10.9. The van der Waals surface area contributed by atoms with Gasteiger partial charge in [-0.25, -0.2) is 4.39 Å². The van der Waals surface area contributed by atoms with Gasteiger partial charge in [-0.2, -0.15) is 0 Å². The zero-order valence-electron chi connectivity index (χ0n) is 6.85. The van der Waals surface area contributed by atoms with Crippen LogP contribution in [0.4, 0.5) is 4.39 Å². The SMILES string of the molecule is CC(Br)C(=O)c1ccc(Br)cc1F. The molecule has 1 aromatic rings. The normalized spacial score (nSPS) is 12.6. The first-order chi connectivity index (χ1) is 6.02. The summed E-state index contributed by atoms with van der Waals surface area (Å²) in [6, 6.07) is 4.40. The second-order valence-corrected chi connectivity index (χ2v) is 4.89. The van der Waals surface area contributed by atoms with Crippen molar-refractivity contribution >= 4 is 37.6 Å². The predicted molar refractivity (Wildman–Crippen MR) is 56.8 cm³/mol. The molecule has 70 valence electrons. The first-order valence-corrected chi connectivity index (χ1v) is 5.36. The van der Waals surface area contributed by atoms with Crippen LogP contribution in [0, 0.1) is 5.82 Å². The molecule has 4 heteroatoms. The number of carbonyl (C=O) groups is 1. The van der Waals surface area contributed by atoms with Crippen molar-refractivity contribution in [2.24, 2.45) is 0 Å². The van der Waals surface area contributed by atoms with Crippen LogP contribution >= 0.6 is 31.9 Å². The van der Waals surface area contributed by atoms with E-state index in [1.54, 1.807) is 13.0 Å². The molecule has 0 bridgehead atoms. The van der Waals surface area contributed by atoms with Gasteiger partial charge in [-0.3, -0.25) is 4.79 Å². The van der Waals surface area contributed by atoms with E-state index in [1.807, 2.05) is 0 Å². The molecule has 0 saturated carbocycles. The largest absolute Gasteiger partial charge is 0.293 e. The average Bonchev–Trinajstić information content (AvgIpc) is 2.03. The van der Waals surface area contributed by atoms with Crippen LogP contribution in [-0.2, 0) is 0 Å². The van der Waals surface area contributed by atoms with Crippen molar-refractivity contribution in [3.8, 4) is 0 Å². The third-order valence-electron chi connectivity index (χ3n) is 1.56. The molecule has 0 aliphatic rings. The fourth-order valence-corrected chi connectivity index (χ4v) is 1.48. The van der Waals surface area contributed by atoms with E-state index in [0.29, 0.717) is 4.47 Å². The molecule has 1 rings (SSSR count). The zero-order chi connectivity index (χ0) is 10.0. The van der Waals surface area contributed by atoms with Gasteiger partial charge in [0.2, 0.25) is 0 Å². The Morgan fingerprint density at radius 1 is 1.54 bits per heavy atom. The van der Waals surface area contributed by atoms with Crippen LogP contribution in [0.5, 0.6) is 0 Å². The van der Waals surface area contributed by atoms with Crippen LogP contribution in [-0.4, -0.2) is 10.6 Å². The molecule has 1 atom stereocenters. The number of ketones is 1. The highest BCUT2D eigenvalue weighted by Crippen LogP contribution is 2.18. The number of carbonyl (C=O) groups excluding carboxylic acids is 1. The molecule has 0 radical (unpaired) electrons. The Morgan fingerprint density at radius 2 is 2.15 bits per heavy atom. The van der Waals surface area contributed by atoms with E-state index in [2.05, 4.69) is 31.9 Å². The van der Waals surface area contributed by atoms with Gasteiger partial charge in [0, 0.05) is 4.47 Å². The minimum Gasteiger partial charge on any atom is -0.293 e. The molecule has 0 heterocycles. The maximum absolute atomic E-state index is 13.2. The molecular weight excluding hydrogens is 303 g/mol. The summed E-state index contributed by atoms with van der Waals surface area (Å²) in [6.07, 6.45) is 0. The van der Waals surface area contributed by atoms with Gasteiger partial charge < -0.3 is 0 Å². The summed E-state index contributed by atoms with van der Waals surface area (Å²) in [5.74, 6) is -0.740. The fourth-order valence-electron chi connectivity index (χ4n) is 0.904. The number of hydrogen-bond acceptors (Lipinski definition) is 1. The molecule has 0 amide bonds. The lowest BCUT2D eigenvalue weighted by molar-refractivity contribution is 0.0992. The minimum absolute atomic E-state index is 0.118. The highest BCUT2D eigenvalue weighted by atomic mass is 79.9. The Bertz CT molecular complexity index is 336. The van der Waals surface area contributed by atoms with Crippen LogP contribution in [0.2, 0.25) is 0 Å². The standard InChI is InChI=1S/C9H7Br2FO/c1-5(10)9(13)7-3-2-6(11)4-8(7)12/h2-5H,1H3. The Kier molecular flexibility index (Phi) is 3.62. The van der Waals surface area contributed by atoms with Gasteiger partial charge in [0.05, 0.1) is 10.4 Å². The van der Waals surface area contributed by atoms with E-state index in [9.17, 15) is 9.18 Å². The molecule has 0 aliphatic heterocycles. The van der Waals surface area contributed by atoms with E-state index < -0.39 is 5.82 Å². The number of hydrogen-bond donors (Lipinski definition) is 0. The van der Waals surface area contributed by atoms with Crippen LogP contribution in [0.15, 0.2) is 22.7 Å². The summed E-state index contributed by atoms with van der Waals surface area (Å²) in [5, 5.41) is 0. The van der Waals surface area contributed by atoms with Crippen LogP contribution < -0.4 is 0 Å². The van der Waals surface area contributed by atoms with Crippen molar-refractivity contribution in [3.05, 3.63) is 34.1 Å². The van der Waals surface area contributed by atoms with Crippen molar-refractivity contribution in [2.75, 3.05) is 0 Å². The van der Waals surface area contributed by atoms with Crippen molar-refractivity contribution < 1.29 is 9.18 Å². The number of Topliss-reactive ketones (excluding diaryl/α,β-unsaturated/α-hetero) is 1. The lowest BCUT2D eigenvalue weighted by Crippen LogP contribution is -2.11. The highest BCUT2D eigenvalue weighted by Gasteiger charge is 2.15. The Morgan fingerprint density at radius 3 is 2.62 bits per heavy atom. The van der Waals surface area contributed by atoms with Gasteiger partial charge in [-0.15, -0.1) is 0 Å². The summed E-state index contributed by atoms with van der Waals surface area (Å²) in [6.45, 7) is 1.67. The topological polar surface area (TPSA) is 17.1 Å². The molecule has 0 spiro atoms. The summed E-state index contributed by atoms with van der Waals surface area (Å²) in [7, 11) is 0. The zero-order valence-corrected chi connectivity index (χ0v) is 10.0. The molecule has 0 saturated heterocycles. The van der Waals surface area contributed by atoms with Crippen LogP contribution in [0.25, 0.3) is 0 Å². The summed E-state index contributed by atoms with van der Waals surface area (Å²) >= 11 is 6.22. The Hall–Kier alpha value is -0.220. The van der Waals surface area contributed by atoms with Crippen molar-refractivity contribution in [1.82, 2.24) is 0 Å². The minimum atomic E-state index is -0.495. The molecule has 1 unspecified atom stereocenters. The lowest BCUT2D eigenvalue weighted by atomic mass is 10.1. The molecule has 0 fully saturated rings. The van der Waals surface area contributed by atoms with Gasteiger partial charge in [0.15, 0.2) is 5.78 Å². The monoisotopic (exact) mass is 308 g/mol. The first-order valence-electron chi connectivity index (χ1n) is 3.65. The van der Waals surface area contributed by atoms with Gasteiger partial charge in [-0.1, -0.05) is 31.9 Å². The van der Waals surface area contributed by atoms with Gasteiger partial charge >= 0.3 is 0 Å². The third kappa shape index (κ3) is 2.61. The molecule has 0 N–H and O–H groups in total. The van der Waals surface area contributed by atoms with Gasteiger partial charge in [-0.05, 0) is 25.1 Å². The van der Waals surface area contributed by atoms with E-state index in [0.717, 1.165) is 0 Å². The second kappa shape index (κ2) is 4.33. The Balaban J connectivity index is 3.09. The number of rotatable bonds is 2. The summed E-state index contributed by atoms with van der Waals surface area (Å²) in [4.78, 5) is 11.0. The lowest BCUT2D eigenvalue weighted by Gasteiger charge is -2.03. The maximum Gasteiger partial charge on any atom is 0.179 e. The highest BCUT2D eigenvalue weighted by molar-refractivity contribution is 9.10. The van der Waals surface area contributed by atoms with E-state index in [4.69, 9.17) is 0 Å². The molecule has 0 aromatic heterocycles. The summed E-state index contributed by atoms with van der Waals surface area (Å²) in [5.41, 5.74) is 0.118. The molecule has 0 aliphatic carbocycles. The van der Waals surface area contributed by atoms with E-state index in [-0.39, 0.29) is 16.2 Å². The fraction of sp³-hybridized carbons (Fsp3) is 0.222. The summed E-state index contributed by atoms with van der Waals surface area (Å²) < 4.78 is 13.8. The van der Waals surface area contributed by atoms with Gasteiger partial charge in [0.25, 0.3) is 0 Å². The van der Waals surface area contributed by atoms with Crippen molar-refractivity contribution in [1.29, 1.82) is 0 Å². The smallest absolute Gasteiger partial charge is 0.179 e. The van der Waals surface area contributed by atoms with E-state index >= 15 is 0 Å². The van der Waals surface area contributed by atoms with Crippen LogP contribution in [0.3, 0.4) is 0 Å². The number of alkyl halides is 1. The third-order valence-corrected chi connectivity index (χ3v) is 2.47. The van der Waals surface area contributed by atoms with Gasteiger partial charge in [0.1, 0.15) is 5.82 Å². The molecule has 13 heavy (non-hydrogen) atoms. The maximum atomic E-state index is 13.2.